The number of nitrogens with zero attached hydrogens (tertiary/aromatic N) is 4. The minimum Gasteiger partial charge on any atom is -0.312 e. The largest absolute Gasteiger partial charge is 0.327 e. The molecule has 35 heavy (non-hydrogen) atoms. The van der Waals surface area contributed by atoms with Gasteiger partial charge in [0, 0.05) is 38.3 Å². The van der Waals surface area contributed by atoms with Crippen LogP contribution < -0.4 is 0 Å². The van der Waals surface area contributed by atoms with Gasteiger partial charge in [0.15, 0.2) is 0 Å². The van der Waals surface area contributed by atoms with E-state index in [9.17, 15) is 9.59 Å². The lowest BCUT2D eigenvalue weighted by molar-refractivity contribution is -0.135. The molecule has 0 aliphatic carbocycles. The molecule has 6 heteroatoms. The molecule has 1 spiro atoms. The highest BCUT2D eigenvalue weighted by atomic mass is 16.2. The first-order valence-electron chi connectivity index (χ1n) is 12.2. The number of pyridine rings is 1. The molecular formula is C29H28N4O2. The van der Waals surface area contributed by atoms with Crippen LogP contribution in [0.25, 0.3) is 21.7 Å². The van der Waals surface area contributed by atoms with Gasteiger partial charge in [0.05, 0.1) is 12.1 Å². The van der Waals surface area contributed by atoms with Crippen molar-refractivity contribution >= 4 is 33.6 Å². The lowest BCUT2D eigenvalue weighted by Gasteiger charge is -2.41. The molecule has 0 atom stereocenters. The van der Waals surface area contributed by atoms with Gasteiger partial charge in [-0.05, 0) is 52.9 Å². The third-order valence-electron chi connectivity index (χ3n) is 7.77. The van der Waals surface area contributed by atoms with Gasteiger partial charge in [-0.25, -0.2) is 4.79 Å². The van der Waals surface area contributed by atoms with Crippen LogP contribution in [0.15, 0.2) is 79.0 Å². The number of likely N-dealkylation sites (tertiary alicyclic amines) is 1. The van der Waals surface area contributed by atoms with E-state index in [0.29, 0.717) is 19.4 Å². The first kappa shape index (κ1) is 21.7. The summed E-state index contributed by atoms with van der Waals surface area (Å²) in [5, 5.41) is 3.43. The number of imide groups is 1. The first-order valence-corrected chi connectivity index (χ1v) is 12.2. The molecule has 6 rings (SSSR count). The van der Waals surface area contributed by atoms with Gasteiger partial charge in [-0.15, -0.1) is 0 Å². The van der Waals surface area contributed by atoms with Gasteiger partial charge < -0.3 is 4.90 Å². The van der Waals surface area contributed by atoms with Gasteiger partial charge in [-0.1, -0.05) is 54.6 Å². The summed E-state index contributed by atoms with van der Waals surface area (Å²) in [6.07, 6.45) is 3.11. The van der Waals surface area contributed by atoms with E-state index >= 15 is 0 Å². The minimum absolute atomic E-state index is 0.0628. The lowest BCUT2D eigenvalue weighted by Crippen LogP contribution is -2.55. The number of hydrogen-bond acceptors (Lipinski definition) is 4. The van der Waals surface area contributed by atoms with Crippen molar-refractivity contribution in [3.05, 3.63) is 90.1 Å². The number of piperidine rings is 1. The molecule has 3 aromatic carbocycles. The summed E-state index contributed by atoms with van der Waals surface area (Å²) in [5.74, 6) is -0.0628. The number of fused-ring (bicyclic) bond motifs is 2. The zero-order valence-corrected chi connectivity index (χ0v) is 19.9. The maximum absolute atomic E-state index is 13.6. The lowest BCUT2D eigenvalue weighted by atomic mass is 9.86. The standard InChI is InChI=1S/C29H28N4O2/c1-31-28(35)33(19-21-11-12-22-6-2-3-7-23(22)18-21)27(34)29(31)13-16-32(17-14-29)20-24-8-4-10-26-25(24)9-5-15-30-26/h2-12,15,18H,13-14,16-17,19-20H2,1H3. The number of benzene rings is 3. The van der Waals surface area contributed by atoms with E-state index < -0.39 is 5.54 Å². The first-order chi connectivity index (χ1) is 17.0. The van der Waals surface area contributed by atoms with E-state index in [1.807, 2.05) is 42.6 Å². The van der Waals surface area contributed by atoms with E-state index in [0.717, 1.165) is 41.5 Å². The Hall–Kier alpha value is -3.77. The Balaban J connectivity index is 1.18. The van der Waals surface area contributed by atoms with Crippen LogP contribution in [-0.2, 0) is 17.9 Å². The number of likely N-dealkylation sites (N-methyl/N-ethyl adjacent to an activating group) is 1. The number of rotatable bonds is 4. The topological polar surface area (TPSA) is 56.8 Å². The zero-order valence-electron chi connectivity index (χ0n) is 19.9. The molecule has 2 fully saturated rings. The van der Waals surface area contributed by atoms with Crippen LogP contribution in [0, 0.1) is 0 Å². The van der Waals surface area contributed by atoms with Crippen molar-refractivity contribution in [2.24, 2.45) is 0 Å². The second-order valence-corrected chi connectivity index (χ2v) is 9.71. The normalized spacial score (nSPS) is 18.3. The Morgan fingerprint density at radius 3 is 2.49 bits per heavy atom. The summed E-state index contributed by atoms with van der Waals surface area (Å²) < 4.78 is 0. The molecule has 2 aliphatic rings. The number of hydrogen-bond donors (Lipinski definition) is 0. The van der Waals surface area contributed by atoms with Crippen LogP contribution in [0.5, 0.6) is 0 Å². The monoisotopic (exact) mass is 464 g/mol. The van der Waals surface area contributed by atoms with Crippen molar-refractivity contribution in [3.63, 3.8) is 0 Å². The summed E-state index contributed by atoms with van der Waals surface area (Å²) in [6, 6.07) is 24.4. The van der Waals surface area contributed by atoms with Crippen LogP contribution in [0.1, 0.15) is 24.0 Å². The highest BCUT2D eigenvalue weighted by Crippen LogP contribution is 2.37. The van der Waals surface area contributed by atoms with Gasteiger partial charge in [0.2, 0.25) is 0 Å². The van der Waals surface area contributed by atoms with E-state index in [1.54, 1.807) is 11.9 Å². The number of amides is 3. The molecule has 2 aliphatic heterocycles. The van der Waals surface area contributed by atoms with Crippen molar-refractivity contribution in [3.8, 4) is 0 Å². The molecule has 176 valence electrons. The molecule has 6 nitrogen and oxygen atoms in total. The maximum atomic E-state index is 13.6. The quantitative estimate of drug-likeness (QED) is 0.407. The van der Waals surface area contributed by atoms with E-state index in [-0.39, 0.29) is 11.9 Å². The molecule has 3 heterocycles. The van der Waals surface area contributed by atoms with Crippen LogP contribution >= 0.6 is 0 Å². The van der Waals surface area contributed by atoms with Crippen molar-refractivity contribution in [1.29, 1.82) is 0 Å². The minimum atomic E-state index is -0.745. The fraction of sp³-hybridized carbons (Fsp3) is 0.276. The Morgan fingerprint density at radius 1 is 0.857 bits per heavy atom. The number of carbonyl (C=O) groups excluding carboxylic acids is 2. The summed E-state index contributed by atoms with van der Waals surface area (Å²) in [4.78, 5) is 36.8. The Labute approximate surface area is 204 Å². The summed E-state index contributed by atoms with van der Waals surface area (Å²) >= 11 is 0. The molecule has 0 N–H and O–H groups in total. The van der Waals surface area contributed by atoms with Crippen molar-refractivity contribution in [2.75, 3.05) is 20.1 Å². The fourth-order valence-corrected chi connectivity index (χ4v) is 5.68. The Bertz CT molecular complexity index is 1440. The summed E-state index contributed by atoms with van der Waals surface area (Å²) in [7, 11) is 1.78. The predicted octanol–water partition coefficient (Wildman–Crippen LogP) is 4.82. The molecule has 4 aromatic rings. The van der Waals surface area contributed by atoms with Crippen LogP contribution in [0.4, 0.5) is 4.79 Å². The highest BCUT2D eigenvalue weighted by molar-refractivity contribution is 6.07. The molecule has 0 saturated carbocycles. The molecule has 1 aromatic heterocycles. The Kier molecular flexibility index (Phi) is 5.26. The van der Waals surface area contributed by atoms with Crippen molar-refractivity contribution < 1.29 is 9.59 Å². The van der Waals surface area contributed by atoms with Crippen molar-refractivity contribution in [2.45, 2.75) is 31.5 Å². The average Bonchev–Trinajstić information content (AvgIpc) is 3.06. The van der Waals surface area contributed by atoms with E-state index in [1.165, 1.54) is 15.8 Å². The molecule has 0 unspecified atom stereocenters. The molecule has 3 amide bonds. The van der Waals surface area contributed by atoms with Gasteiger partial charge in [-0.3, -0.25) is 19.6 Å². The van der Waals surface area contributed by atoms with E-state index in [4.69, 9.17) is 0 Å². The second kappa shape index (κ2) is 8.47. The number of aromatic nitrogens is 1. The third kappa shape index (κ3) is 3.65. The SMILES string of the molecule is CN1C(=O)N(Cc2ccc3ccccc3c2)C(=O)C12CCN(Cc1cccc3ncccc13)CC2. The van der Waals surface area contributed by atoms with Crippen LogP contribution in [0.2, 0.25) is 0 Å². The second-order valence-electron chi connectivity index (χ2n) is 9.71. The van der Waals surface area contributed by atoms with Crippen molar-refractivity contribution in [1.82, 2.24) is 19.7 Å². The number of carbonyl (C=O) groups is 2. The third-order valence-corrected chi connectivity index (χ3v) is 7.77. The van der Waals surface area contributed by atoms with Gasteiger partial charge >= 0.3 is 6.03 Å². The highest BCUT2D eigenvalue weighted by Gasteiger charge is 2.56. The molecular weight excluding hydrogens is 436 g/mol. The Morgan fingerprint density at radius 2 is 1.66 bits per heavy atom. The van der Waals surface area contributed by atoms with E-state index in [2.05, 4.69) is 46.3 Å². The zero-order chi connectivity index (χ0) is 24.0. The van der Waals surface area contributed by atoms with Crippen LogP contribution in [-0.4, -0.2) is 57.3 Å². The average molecular weight is 465 g/mol. The van der Waals surface area contributed by atoms with Gasteiger partial charge in [0.1, 0.15) is 5.54 Å². The van der Waals surface area contributed by atoms with Gasteiger partial charge in [-0.2, -0.15) is 0 Å². The molecule has 0 bridgehead atoms. The predicted molar refractivity (Wildman–Crippen MR) is 137 cm³/mol. The van der Waals surface area contributed by atoms with Gasteiger partial charge in [0.25, 0.3) is 5.91 Å². The number of urea groups is 1. The summed E-state index contributed by atoms with van der Waals surface area (Å²) in [6.45, 7) is 2.65. The van der Waals surface area contributed by atoms with Crippen LogP contribution in [0.3, 0.4) is 0 Å². The molecule has 2 saturated heterocycles. The molecule has 0 radical (unpaired) electrons. The smallest absolute Gasteiger partial charge is 0.312 e. The maximum Gasteiger partial charge on any atom is 0.327 e. The fourth-order valence-electron chi connectivity index (χ4n) is 5.68. The summed E-state index contributed by atoms with van der Waals surface area (Å²) in [5.41, 5.74) is 2.47.